The number of anilines is 2. The number of nitrogens with zero attached hydrogens (tertiary/aromatic N) is 8. The summed E-state index contributed by atoms with van der Waals surface area (Å²) in [6.45, 7) is 4.39. The third-order valence-electron chi connectivity index (χ3n) is 17.1. The Bertz CT molecular complexity index is 3690. The van der Waals surface area contributed by atoms with Crippen LogP contribution < -0.4 is 9.80 Å². The molecule has 6 atom stereocenters. The van der Waals surface area contributed by atoms with Gasteiger partial charge in [-0.05, 0) is 163 Å². The van der Waals surface area contributed by atoms with E-state index in [-0.39, 0.29) is 47.9 Å². The Labute approximate surface area is 497 Å². The van der Waals surface area contributed by atoms with E-state index >= 15 is 0 Å². The van der Waals surface area contributed by atoms with Crippen LogP contribution in [0.3, 0.4) is 0 Å². The number of carbonyl (C=O) groups is 2. The Balaban J connectivity index is 0.000000155. The minimum absolute atomic E-state index is 0.0638. The molecule has 8 heterocycles. The van der Waals surface area contributed by atoms with Crippen molar-refractivity contribution in [1.29, 1.82) is 0 Å². The first-order valence-electron chi connectivity index (χ1n) is 28.1. The Morgan fingerprint density at radius 2 is 0.964 bits per heavy atom. The van der Waals surface area contributed by atoms with Gasteiger partial charge in [-0.1, -0.05) is 79.0 Å². The minimum Gasteiger partial charge on any atom is -0.478 e. The number of rotatable bonds is 16. The quantitative estimate of drug-likeness (QED) is 0.0889. The molecule has 18 nitrogen and oxygen atoms in total. The number of carboxylic acid groups (broad SMARTS) is 1. The lowest BCUT2D eigenvalue weighted by molar-refractivity contribution is 0.0138. The number of fused-ring (bicyclic) bond motifs is 4. The first-order chi connectivity index (χ1) is 40.3. The molecule has 4 saturated heterocycles. The predicted molar refractivity (Wildman–Crippen MR) is 309 cm³/mol. The van der Waals surface area contributed by atoms with Gasteiger partial charge in [0.15, 0.2) is 0 Å². The van der Waals surface area contributed by atoms with E-state index in [1.165, 1.54) is 7.11 Å². The van der Waals surface area contributed by atoms with Gasteiger partial charge in [0.25, 0.3) is 0 Å². The van der Waals surface area contributed by atoms with Gasteiger partial charge in [-0.2, -0.15) is 0 Å². The zero-order chi connectivity index (χ0) is 57.2. The van der Waals surface area contributed by atoms with Crippen molar-refractivity contribution in [2.75, 3.05) is 16.9 Å². The number of aromatic nitrogens is 6. The van der Waals surface area contributed by atoms with Crippen LogP contribution in [0.5, 0.6) is 0 Å². The van der Waals surface area contributed by atoms with E-state index in [2.05, 4.69) is 40.5 Å². The normalized spacial score (nSPS) is 21.8. The first-order valence-corrected chi connectivity index (χ1v) is 29.7. The maximum Gasteiger partial charge on any atom is 0.338 e. The Kier molecular flexibility index (Phi) is 15.3. The van der Waals surface area contributed by atoms with Gasteiger partial charge in [0.1, 0.15) is 22.9 Å². The van der Waals surface area contributed by atoms with Crippen LogP contribution in [-0.2, 0) is 27.4 Å². The number of halogens is 4. The van der Waals surface area contributed by atoms with Gasteiger partial charge in [0.2, 0.25) is 11.8 Å². The fraction of sp³-hybridized carbons (Fsp3) is 0.410. The number of hydrogen-bond acceptors (Lipinski definition) is 17. The molecule has 0 radical (unpaired) electrons. The summed E-state index contributed by atoms with van der Waals surface area (Å²) in [5, 5.41) is 37.6. The molecular formula is C61H58Cl4N8O10. The first kappa shape index (κ1) is 55.4. The molecule has 4 aliphatic heterocycles. The number of carboxylic acids is 1. The van der Waals surface area contributed by atoms with Crippen molar-refractivity contribution < 1.29 is 46.8 Å². The van der Waals surface area contributed by atoms with Crippen LogP contribution in [0.15, 0.2) is 90.7 Å². The standard InChI is InChI=1S/C31H30Cl2N4O5.C30H28Cl2N4O5/c1-16-12-18(8-11-22(16)30(38)39-2)29-34-35-31(41-29)37-19-9-10-20(37)14-21(13-19)40-15-23-27(36-42-28(23)17-6-7-17)26-24(32)4-3-5-25(26)33;1-15-11-17(7-10-21(15)29(37)38)28-33-34-30(40-28)36-18-8-9-19(36)13-20(12-18)39-14-22-26(35-41-27(22)16-5-6-16)25-23(31)3-2-4-24(25)32/h3-5,8,11-12,17,19-21H,6-7,9-10,13-15H2,1-2H3;2-4,7,10-11,16,18-20H,5-6,8-9,12-14H2,1H3,(H,37,38)/t19-,20+,21?;18-,19+,20?. The SMILES string of the molecule is COC(=O)c1ccc(-c2nnc(N3[C@@H]4CC[C@H]3CC(OCc3c(-c5c(Cl)cccc5Cl)noc3C3CC3)C4)o2)cc1C.Cc1cc(-c2nnc(N3[C@@H]4CC[C@H]3CC(OCc3c(-c5c(Cl)cccc5Cl)noc3C3CC3)C4)o2)ccc1C(=O)O. The van der Waals surface area contributed by atoms with Crippen LogP contribution in [0.1, 0.15) is 143 Å². The van der Waals surface area contributed by atoms with Crippen LogP contribution in [0.4, 0.5) is 12.0 Å². The van der Waals surface area contributed by atoms with Gasteiger partial charge >= 0.3 is 24.0 Å². The van der Waals surface area contributed by atoms with Crippen molar-refractivity contribution in [2.45, 2.75) is 152 Å². The Morgan fingerprint density at radius 3 is 1.33 bits per heavy atom. The number of aromatic carboxylic acids is 1. The molecule has 0 amide bonds. The van der Waals surface area contributed by atoms with E-state index < -0.39 is 5.97 Å². The average molecular weight is 1200 g/mol. The van der Waals surface area contributed by atoms with Crippen molar-refractivity contribution in [3.63, 3.8) is 0 Å². The topological polar surface area (TPSA) is 218 Å². The van der Waals surface area contributed by atoms with Gasteiger partial charge in [-0.3, -0.25) is 0 Å². The summed E-state index contributed by atoms with van der Waals surface area (Å²) in [7, 11) is 1.37. The zero-order valence-electron chi connectivity index (χ0n) is 45.7. The third-order valence-corrected chi connectivity index (χ3v) is 18.4. The smallest absolute Gasteiger partial charge is 0.338 e. The second-order valence-electron chi connectivity index (χ2n) is 22.5. The molecule has 6 aliphatic rings. The number of piperidine rings is 2. The highest BCUT2D eigenvalue weighted by atomic mass is 35.5. The molecule has 83 heavy (non-hydrogen) atoms. The maximum absolute atomic E-state index is 12.0. The fourth-order valence-corrected chi connectivity index (χ4v) is 13.8. The van der Waals surface area contributed by atoms with Crippen LogP contribution in [0, 0.1) is 13.8 Å². The van der Waals surface area contributed by atoms with Crippen molar-refractivity contribution >= 4 is 70.4 Å². The third kappa shape index (κ3) is 11.0. The highest BCUT2D eigenvalue weighted by Crippen LogP contribution is 2.49. The molecule has 8 aromatic rings. The molecule has 6 fully saturated rings. The van der Waals surface area contributed by atoms with Gasteiger partial charge in [-0.15, -0.1) is 10.2 Å². The summed E-state index contributed by atoms with van der Waals surface area (Å²) < 4.78 is 41.9. The lowest BCUT2D eigenvalue weighted by Crippen LogP contribution is -2.45. The summed E-state index contributed by atoms with van der Waals surface area (Å²) >= 11 is 26.1. The number of benzene rings is 4. The van der Waals surface area contributed by atoms with Gasteiger partial charge in [-0.25, -0.2) is 9.59 Å². The summed E-state index contributed by atoms with van der Waals surface area (Å²) in [5.74, 6) is 1.97. The summed E-state index contributed by atoms with van der Waals surface area (Å²) in [4.78, 5) is 27.8. The molecule has 4 aromatic carbocycles. The van der Waals surface area contributed by atoms with E-state index in [0.717, 1.165) is 111 Å². The van der Waals surface area contributed by atoms with Crippen LogP contribution in [-0.4, -0.2) is 91.2 Å². The highest BCUT2D eigenvalue weighted by molar-refractivity contribution is 6.39. The minimum atomic E-state index is -0.960. The number of methoxy groups -OCH3 is 1. The molecule has 14 rings (SSSR count). The van der Waals surface area contributed by atoms with E-state index in [4.69, 9.17) is 78.5 Å². The molecule has 430 valence electrons. The van der Waals surface area contributed by atoms with E-state index in [1.807, 2.05) is 49.4 Å². The summed E-state index contributed by atoms with van der Waals surface area (Å²) in [6.07, 6.45) is 12.0. The van der Waals surface area contributed by atoms with Gasteiger partial charge in [0.05, 0.1) is 63.7 Å². The summed E-state index contributed by atoms with van der Waals surface area (Å²) in [6, 6.07) is 23.3. The van der Waals surface area contributed by atoms with Crippen LogP contribution in [0.25, 0.3) is 45.4 Å². The van der Waals surface area contributed by atoms with Crippen LogP contribution in [0.2, 0.25) is 20.1 Å². The Morgan fingerprint density at radius 1 is 0.566 bits per heavy atom. The van der Waals surface area contributed by atoms with Crippen molar-refractivity contribution in [3.8, 4) is 45.4 Å². The number of esters is 1. The molecule has 1 N–H and O–H groups in total. The molecule has 2 aliphatic carbocycles. The molecule has 4 bridgehead atoms. The monoisotopic (exact) mass is 1200 g/mol. The van der Waals surface area contributed by atoms with E-state index in [9.17, 15) is 14.7 Å². The van der Waals surface area contributed by atoms with E-state index in [0.29, 0.717) is 108 Å². The van der Waals surface area contributed by atoms with Crippen molar-refractivity contribution in [2.24, 2.45) is 0 Å². The zero-order valence-corrected chi connectivity index (χ0v) is 48.7. The molecule has 0 spiro atoms. The second kappa shape index (κ2) is 23.0. The second-order valence-corrected chi connectivity index (χ2v) is 24.1. The number of carbonyl (C=O) groups excluding carboxylic acids is 1. The number of aryl methyl sites for hydroxylation is 2. The lowest BCUT2D eigenvalue weighted by Gasteiger charge is -2.37. The molecule has 4 aromatic heterocycles. The molecule has 2 unspecified atom stereocenters. The largest absolute Gasteiger partial charge is 0.478 e. The van der Waals surface area contributed by atoms with E-state index in [1.54, 1.807) is 37.3 Å². The lowest BCUT2D eigenvalue weighted by atomic mass is 10.00. The highest BCUT2D eigenvalue weighted by Gasteiger charge is 2.46. The molecular weight excluding hydrogens is 1150 g/mol. The number of hydrogen-bond donors (Lipinski definition) is 1. The summed E-state index contributed by atoms with van der Waals surface area (Å²) in [5.41, 5.74) is 8.23. The average Bonchev–Trinajstić information content (AvgIpc) is 4.35. The predicted octanol–water partition coefficient (Wildman–Crippen LogP) is 14.7. The van der Waals surface area contributed by atoms with Crippen LogP contribution >= 0.6 is 46.4 Å². The van der Waals surface area contributed by atoms with Crippen molar-refractivity contribution in [1.82, 2.24) is 30.7 Å². The van der Waals surface area contributed by atoms with Gasteiger partial charge in [0, 0.05) is 69.4 Å². The van der Waals surface area contributed by atoms with Gasteiger partial charge < -0.3 is 47.0 Å². The van der Waals surface area contributed by atoms with Crippen molar-refractivity contribution in [3.05, 3.63) is 138 Å². The fourth-order valence-electron chi connectivity index (χ4n) is 12.7. The maximum atomic E-state index is 12.0. The Hall–Kier alpha value is -6.80. The molecule has 2 saturated carbocycles. The number of ether oxygens (including phenoxy) is 3. The molecule has 22 heteroatoms.